The molecule has 1 saturated carbocycles. The predicted octanol–water partition coefficient (Wildman–Crippen LogP) is 1.87. The molecular formula is C13H21N3O2. The van der Waals surface area contributed by atoms with Crippen molar-refractivity contribution >= 4 is 5.82 Å². The number of nitrogens with zero attached hydrogens (tertiary/aromatic N) is 1. The van der Waals surface area contributed by atoms with Gasteiger partial charge in [-0.05, 0) is 19.3 Å². The number of anilines is 1. The molecule has 0 unspecified atom stereocenters. The van der Waals surface area contributed by atoms with Crippen molar-refractivity contribution in [2.45, 2.75) is 44.6 Å². The van der Waals surface area contributed by atoms with Crippen LogP contribution in [0, 0.1) is 0 Å². The predicted molar refractivity (Wildman–Crippen MR) is 71.0 cm³/mol. The fourth-order valence-electron chi connectivity index (χ4n) is 2.12. The lowest BCUT2D eigenvalue weighted by Gasteiger charge is -2.40. The molecule has 2 N–H and O–H groups in total. The summed E-state index contributed by atoms with van der Waals surface area (Å²) in [7, 11) is 1.74. The minimum atomic E-state index is -0.115. The monoisotopic (exact) mass is 251 g/mol. The van der Waals surface area contributed by atoms with E-state index in [-0.39, 0.29) is 17.1 Å². The third kappa shape index (κ3) is 2.72. The van der Waals surface area contributed by atoms with Gasteiger partial charge < -0.3 is 15.0 Å². The molecule has 0 aliphatic heterocycles. The highest BCUT2D eigenvalue weighted by Gasteiger charge is 2.36. The number of H-pyrrole nitrogens is 1. The first kappa shape index (κ1) is 13.1. The number of hydrogen-bond donors (Lipinski definition) is 2. The van der Waals surface area contributed by atoms with E-state index >= 15 is 0 Å². The average Bonchev–Trinajstić information content (AvgIpc) is 2.27. The van der Waals surface area contributed by atoms with Gasteiger partial charge in [-0.1, -0.05) is 13.8 Å². The molecule has 0 amide bonds. The van der Waals surface area contributed by atoms with Crippen molar-refractivity contribution in [3.05, 3.63) is 22.2 Å². The molecule has 1 aliphatic carbocycles. The number of methoxy groups -OCH3 is 1. The van der Waals surface area contributed by atoms with E-state index in [1.54, 1.807) is 7.11 Å². The first-order valence-electron chi connectivity index (χ1n) is 6.45. The van der Waals surface area contributed by atoms with Crippen LogP contribution in [0.1, 0.15) is 44.9 Å². The lowest BCUT2D eigenvalue weighted by atomic mass is 9.80. The molecule has 2 rings (SSSR count). The first-order valence-corrected chi connectivity index (χ1v) is 6.45. The fourth-order valence-corrected chi connectivity index (χ4v) is 2.12. The van der Waals surface area contributed by atoms with E-state index in [2.05, 4.69) is 15.3 Å². The Kier molecular flexibility index (Phi) is 3.71. The summed E-state index contributed by atoms with van der Waals surface area (Å²) in [5.41, 5.74) is -0.182. The van der Waals surface area contributed by atoms with Crippen LogP contribution < -0.4 is 10.9 Å². The zero-order valence-electron chi connectivity index (χ0n) is 11.2. The molecule has 1 aromatic heterocycles. The summed E-state index contributed by atoms with van der Waals surface area (Å²) in [6.45, 7) is 4.72. The lowest BCUT2D eigenvalue weighted by molar-refractivity contribution is -0.0601. The van der Waals surface area contributed by atoms with E-state index in [4.69, 9.17) is 4.74 Å². The van der Waals surface area contributed by atoms with E-state index in [0.29, 0.717) is 18.2 Å². The van der Waals surface area contributed by atoms with E-state index in [1.165, 1.54) is 12.5 Å². The highest BCUT2D eigenvalue weighted by molar-refractivity contribution is 5.34. The number of aromatic nitrogens is 2. The summed E-state index contributed by atoms with van der Waals surface area (Å²) < 4.78 is 5.53. The van der Waals surface area contributed by atoms with Gasteiger partial charge in [0.05, 0.1) is 5.60 Å². The van der Waals surface area contributed by atoms with Crippen molar-refractivity contribution < 1.29 is 4.74 Å². The highest BCUT2D eigenvalue weighted by Crippen LogP contribution is 2.34. The maximum absolute atomic E-state index is 11.5. The maximum atomic E-state index is 11.5. The van der Waals surface area contributed by atoms with Gasteiger partial charge in [-0.25, -0.2) is 4.98 Å². The quantitative estimate of drug-likeness (QED) is 0.838. The molecule has 0 atom stereocenters. The smallest absolute Gasteiger partial charge is 0.252 e. The van der Waals surface area contributed by atoms with Gasteiger partial charge in [0.15, 0.2) is 0 Å². The summed E-state index contributed by atoms with van der Waals surface area (Å²) >= 11 is 0. The van der Waals surface area contributed by atoms with Gasteiger partial charge in [-0.2, -0.15) is 0 Å². The van der Waals surface area contributed by atoms with Crippen molar-refractivity contribution in [2.75, 3.05) is 19.0 Å². The molecule has 1 fully saturated rings. The largest absolute Gasteiger partial charge is 0.376 e. The third-order valence-electron chi connectivity index (χ3n) is 3.60. The molecule has 0 saturated heterocycles. The number of ether oxygens (including phenoxy) is 1. The number of hydrogen-bond acceptors (Lipinski definition) is 4. The van der Waals surface area contributed by atoms with Crippen LogP contribution in [-0.2, 0) is 4.74 Å². The normalized spacial score (nSPS) is 17.6. The molecule has 5 heteroatoms. The lowest BCUT2D eigenvalue weighted by Crippen LogP contribution is -2.45. The molecule has 0 radical (unpaired) electrons. The van der Waals surface area contributed by atoms with Gasteiger partial charge in [0.25, 0.3) is 5.56 Å². The Bertz CT molecular complexity index is 458. The number of aromatic amines is 1. The summed E-state index contributed by atoms with van der Waals surface area (Å²) in [5, 5.41) is 3.22. The molecule has 1 heterocycles. The summed E-state index contributed by atoms with van der Waals surface area (Å²) in [6.07, 6.45) is 3.34. The Hall–Kier alpha value is -1.36. The van der Waals surface area contributed by atoms with Crippen LogP contribution >= 0.6 is 0 Å². The van der Waals surface area contributed by atoms with E-state index in [0.717, 1.165) is 12.8 Å². The van der Waals surface area contributed by atoms with Gasteiger partial charge in [-0.3, -0.25) is 4.79 Å². The van der Waals surface area contributed by atoms with Crippen LogP contribution in [0.15, 0.2) is 10.9 Å². The van der Waals surface area contributed by atoms with Crippen molar-refractivity contribution in [2.24, 2.45) is 0 Å². The molecule has 1 aromatic rings. The van der Waals surface area contributed by atoms with Gasteiger partial charge in [0.1, 0.15) is 11.6 Å². The molecule has 1 aliphatic rings. The van der Waals surface area contributed by atoms with Crippen molar-refractivity contribution in [1.82, 2.24) is 9.97 Å². The second-order valence-corrected chi connectivity index (χ2v) is 5.26. The van der Waals surface area contributed by atoms with Crippen molar-refractivity contribution in [3.8, 4) is 0 Å². The Morgan fingerprint density at radius 2 is 2.28 bits per heavy atom. The number of nitrogens with one attached hydrogen (secondary N) is 2. The fraction of sp³-hybridized carbons (Fsp3) is 0.692. The minimum Gasteiger partial charge on any atom is -0.376 e. The van der Waals surface area contributed by atoms with E-state index < -0.39 is 0 Å². The zero-order valence-corrected chi connectivity index (χ0v) is 11.2. The van der Waals surface area contributed by atoms with Crippen LogP contribution in [0.5, 0.6) is 0 Å². The van der Waals surface area contributed by atoms with E-state index in [1.807, 2.05) is 13.8 Å². The first-order chi connectivity index (χ1) is 8.54. The van der Waals surface area contributed by atoms with Gasteiger partial charge >= 0.3 is 0 Å². The van der Waals surface area contributed by atoms with Crippen LogP contribution in [-0.4, -0.2) is 29.2 Å². The Morgan fingerprint density at radius 1 is 1.56 bits per heavy atom. The molecule has 0 spiro atoms. The summed E-state index contributed by atoms with van der Waals surface area (Å²) in [5.74, 6) is 1.55. The van der Waals surface area contributed by atoms with Gasteiger partial charge in [0.2, 0.25) is 0 Å². The summed E-state index contributed by atoms with van der Waals surface area (Å²) in [4.78, 5) is 18.7. The number of rotatable bonds is 5. The molecular weight excluding hydrogens is 230 g/mol. The van der Waals surface area contributed by atoms with Crippen LogP contribution in [0.2, 0.25) is 0 Å². The SMILES string of the molecule is COC1(CNc2cc(=O)[nH]c(C(C)C)n2)CCC1. The van der Waals surface area contributed by atoms with Crippen LogP contribution in [0.25, 0.3) is 0 Å². The molecule has 18 heavy (non-hydrogen) atoms. The molecule has 0 aromatic carbocycles. The Morgan fingerprint density at radius 3 is 2.78 bits per heavy atom. The van der Waals surface area contributed by atoms with Crippen molar-refractivity contribution in [1.29, 1.82) is 0 Å². The van der Waals surface area contributed by atoms with Crippen LogP contribution in [0.3, 0.4) is 0 Å². The third-order valence-corrected chi connectivity index (χ3v) is 3.60. The Labute approximate surface area is 107 Å². The maximum Gasteiger partial charge on any atom is 0.252 e. The van der Waals surface area contributed by atoms with Gasteiger partial charge in [-0.15, -0.1) is 0 Å². The molecule has 100 valence electrons. The molecule has 0 bridgehead atoms. The second-order valence-electron chi connectivity index (χ2n) is 5.26. The standard InChI is InChI=1S/C13H21N3O2/c1-9(2)12-15-10(7-11(17)16-12)14-8-13(18-3)5-4-6-13/h7,9H,4-6,8H2,1-3H3,(H2,14,15,16,17). The van der Waals surface area contributed by atoms with Crippen molar-refractivity contribution in [3.63, 3.8) is 0 Å². The van der Waals surface area contributed by atoms with Crippen LogP contribution in [0.4, 0.5) is 5.82 Å². The highest BCUT2D eigenvalue weighted by atomic mass is 16.5. The van der Waals surface area contributed by atoms with Gasteiger partial charge in [0, 0.05) is 25.6 Å². The second kappa shape index (κ2) is 5.10. The summed E-state index contributed by atoms with van der Waals surface area (Å²) in [6, 6.07) is 1.49. The minimum absolute atomic E-state index is 0.0672. The average molecular weight is 251 g/mol. The molecule has 5 nitrogen and oxygen atoms in total. The zero-order chi connectivity index (χ0) is 13.2. The Balaban J connectivity index is 2.07. The van der Waals surface area contributed by atoms with E-state index in [9.17, 15) is 4.79 Å². The topological polar surface area (TPSA) is 67.0 Å².